The largest absolute Gasteiger partial charge is 0.369 e. The first-order chi connectivity index (χ1) is 6.90. The zero-order valence-electron chi connectivity index (χ0n) is 7.91. The molecule has 0 saturated carbocycles. The Hall–Kier alpha value is -1.16. The SMILES string of the molecule is NC(=O)C(CP(=O)(O)O)c1ccccc1. The van der Waals surface area contributed by atoms with E-state index in [4.69, 9.17) is 15.5 Å². The van der Waals surface area contributed by atoms with Crippen LogP contribution in [-0.4, -0.2) is 21.9 Å². The zero-order chi connectivity index (χ0) is 11.5. The molecule has 1 aromatic carbocycles. The lowest BCUT2D eigenvalue weighted by molar-refractivity contribution is -0.119. The van der Waals surface area contributed by atoms with Gasteiger partial charge in [-0.15, -0.1) is 0 Å². The number of primary amides is 1. The van der Waals surface area contributed by atoms with Crippen molar-refractivity contribution in [2.75, 3.05) is 6.16 Å². The summed E-state index contributed by atoms with van der Waals surface area (Å²) in [6.45, 7) is 0. The number of amides is 1. The average molecular weight is 229 g/mol. The standard InChI is InChI=1S/C9H12NO4P/c10-9(11)8(6-15(12,13)14)7-4-2-1-3-5-7/h1-5,8H,6H2,(H2,10,11)(H2,12,13,14). The van der Waals surface area contributed by atoms with Gasteiger partial charge in [0.2, 0.25) is 5.91 Å². The summed E-state index contributed by atoms with van der Waals surface area (Å²) in [6, 6.07) is 8.35. The van der Waals surface area contributed by atoms with Gasteiger partial charge in [0.15, 0.2) is 0 Å². The van der Waals surface area contributed by atoms with Crippen molar-refractivity contribution in [1.29, 1.82) is 0 Å². The molecule has 1 atom stereocenters. The van der Waals surface area contributed by atoms with E-state index in [1.165, 1.54) is 0 Å². The number of hydrogen-bond donors (Lipinski definition) is 3. The topological polar surface area (TPSA) is 101 Å². The summed E-state index contributed by atoms with van der Waals surface area (Å²) in [7, 11) is -4.24. The first kappa shape index (κ1) is 11.9. The van der Waals surface area contributed by atoms with Gasteiger partial charge in [0, 0.05) is 0 Å². The molecule has 0 heterocycles. The fraction of sp³-hybridized carbons (Fsp3) is 0.222. The molecule has 1 aromatic rings. The first-order valence-corrected chi connectivity index (χ1v) is 6.09. The Bertz CT molecular complexity index is 386. The van der Waals surface area contributed by atoms with Crippen LogP contribution >= 0.6 is 7.60 Å². The highest BCUT2D eigenvalue weighted by atomic mass is 31.2. The molecule has 0 aliphatic rings. The average Bonchev–Trinajstić information content (AvgIpc) is 2.14. The second-order valence-electron chi connectivity index (χ2n) is 3.21. The number of rotatable bonds is 4. The van der Waals surface area contributed by atoms with Gasteiger partial charge in [0.1, 0.15) is 0 Å². The number of benzene rings is 1. The minimum atomic E-state index is -4.24. The van der Waals surface area contributed by atoms with E-state index in [0.29, 0.717) is 5.56 Å². The minimum Gasteiger partial charge on any atom is -0.369 e. The Kier molecular flexibility index (Phi) is 3.63. The van der Waals surface area contributed by atoms with E-state index in [9.17, 15) is 9.36 Å². The van der Waals surface area contributed by atoms with Crippen molar-refractivity contribution >= 4 is 13.5 Å². The lowest BCUT2D eigenvalue weighted by Crippen LogP contribution is -2.24. The summed E-state index contributed by atoms with van der Waals surface area (Å²) in [5.74, 6) is -1.67. The second kappa shape index (κ2) is 4.57. The maximum atomic E-state index is 11.1. The van der Waals surface area contributed by atoms with Crippen molar-refractivity contribution in [2.24, 2.45) is 5.73 Å². The highest BCUT2D eigenvalue weighted by molar-refractivity contribution is 7.51. The van der Waals surface area contributed by atoms with E-state index in [1.807, 2.05) is 0 Å². The normalized spacial score (nSPS) is 13.5. The predicted molar refractivity (Wildman–Crippen MR) is 55.3 cm³/mol. The molecule has 0 saturated heterocycles. The van der Waals surface area contributed by atoms with Gasteiger partial charge < -0.3 is 15.5 Å². The van der Waals surface area contributed by atoms with E-state index in [2.05, 4.69) is 0 Å². The smallest absolute Gasteiger partial charge is 0.326 e. The second-order valence-corrected chi connectivity index (χ2v) is 4.91. The molecule has 0 aromatic heterocycles. The number of carbonyl (C=O) groups excluding carboxylic acids is 1. The lowest BCUT2D eigenvalue weighted by Gasteiger charge is -2.14. The van der Waals surface area contributed by atoms with Gasteiger partial charge in [-0.3, -0.25) is 9.36 Å². The van der Waals surface area contributed by atoms with Gasteiger partial charge in [-0.05, 0) is 5.56 Å². The van der Waals surface area contributed by atoms with Crippen LogP contribution in [0.4, 0.5) is 0 Å². The van der Waals surface area contributed by atoms with E-state index >= 15 is 0 Å². The Morgan fingerprint density at radius 1 is 1.33 bits per heavy atom. The molecule has 4 N–H and O–H groups in total. The molecule has 6 heteroatoms. The maximum absolute atomic E-state index is 11.1. The molecule has 15 heavy (non-hydrogen) atoms. The maximum Gasteiger partial charge on any atom is 0.326 e. The fourth-order valence-corrected chi connectivity index (χ4v) is 2.15. The molecule has 0 aliphatic carbocycles. The summed E-state index contributed by atoms with van der Waals surface area (Å²) in [6.07, 6.45) is -0.549. The third kappa shape index (κ3) is 3.83. The van der Waals surface area contributed by atoms with Crippen LogP contribution in [0.1, 0.15) is 11.5 Å². The highest BCUT2D eigenvalue weighted by Crippen LogP contribution is 2.39. The fourth-order valence-electron chi connectivity index (χ4n) is 1.28. The van der Waals surface area contributed by atoms with Crippen molar-refractivity contribution in [3.8, 4) is 0 Å². The van der Waals surface area contributed by atoms with Gasteiger partial charge in [-0.1, -0.05) is 30.3 Å². The van der Waals surface area contributed by atoms with Crippen LogP contribution in [0.25, 0.3) is 0 Å². The molecule has 1 rings (SSSR count). The molecule has 0 aliphatic heterocycles. The van der Waals surface area contributed by atoms with Crippen molar-refractivity contribution in [3.63, 3.8) is 0 Å². The van der Waals surface area contributed by atoms with Gasteiger partial charge in [0.25, 0.3) is 0 Å². The summed E-state index contributed by atoms with van der Waals surface area (Å²) >= 11 is 0. The monoisotopic (exact) mass is 229 g/mol. The first-order valence-electron chi connectivity index (χ1n) is 4.29. The molecule has 5 nitrogen and oxygen atoms in total. The van der Waals surface area contributed by atoms with Crippen molar-refractivity contribution in [2.45, 2.75) is 5.92 Å². The minimum absolute atomic E-state index is 0.522. The predicted octanol–water partition coefficient (Wildman–Crippen LogP) is 0.433. The van der Waals surface area contributed by atoms with E-state index in [-0.39, 0.29) is 0 Å². The lowest BCUT2D eigenvalue weighted by atomic mass is 10.0. The number of hydrogen-bond acceptors (Lipinski definition) is 2. The summed E-state index contributed by atoms with van der Waals surface area (Å²) in [5.41, 5.74) is 5.62. The summed E-state index contributed by atoms with van der Waals surface area (Å²) in [4.78, 5) is 28.7. The molecule has 0 spiro atoms. The molecule has 0 bridgehead atoms. The van der Waals surface area contributed by atoms with Crippen molar-refractivity contribution in [1.82, 2.24) is 0 Å². The highest BCUT2D eigenvalue weighted by Gasteiger charge is 2.26. The van der Waals surface area contributed by atoms with E-state index in [1.54, 1.807) is 30.3 Å². The van der Waals surface area contributed by atoms with Crippen molar-refractivity contribution in [3.05, 3.63) is 35.9 Å². The molecular weight excluding hydrogens is 217 g/mol. The Morgan fingerprint density at radius 3 is 2.27 bits per heavy atom. The number of nitrogens with two attached hydrogens (primary N) is 1. The molecule has 1 amide bonds. The van der Waals surface area contributed by atoms with E-state index in [0.717, 1.165) is 0 Å². The third-order valence-corrected chi connectivity index (χ3v) is 2.81. The molecule has 0 fully saturated rings. The van der Waals surface area contributed by atoms with Crippen molar-refractivity contribution < 1.29 is 19.1 Å². The Morgan fingerprint density at radius 2 is 1.87 bits per heavy atom. The summed E-state index contributed by atoms with van der Waals surface area (Å²) < 4.78 is 10.8. The van der Waals surface area contributed by atoms with E-state index < -0.39 is 25.6 Å². The van der Waals surface area contributed by atoms with Crippen LogP contribution in [0, 0.1) is 0 Å². The number of carbonyl (C=O) groups is 1. The van der Waals surface area contributed by atoms with Crippen LogP contribution in [0.2, 0.25) is 0 Å². The van der Waals surface area contributed by atoms with Gasteiger partial charge >= 0.3 is 7.60 Å². The van der Waals surface area contributed by atoms with Crippen LogP contribution in [0.3, 0.4) is 0 Å². The van der Waals surface area contributed by atoms with Crippen LogP contribution < -0.4 is 5.73 Å². The molecular formula is C9H12NO4P. The van der Waals surface area contributed by atoms with Crippen LogP contribution in [0.15, 0.2) is 30.3 Å². The van der Waals surface area contributed by atoms with Crippen LogP contribution in [0.5, 0.6) is 0 Å². The Balaban J connectivity index is 2.95. The quantitative estimate of drug-likeness (QED) is 0.652. The molecule has 0 radical (unpaired) electrons. The molecule has 82 valence electrons. The van der Waals surface area contributed by atoms with Gasteiger partial charge in [-0.25, -0.2) is 0 Å². The Labute approximate surface area is 87.1 Å². The summed E-state index contributed by atoms with van der Waals surface area (Å²) in [5, 5.41) is 0. The van der Waals surface area contributed by atoms with Crippen LogP contribution in [-0.2, 0) is 9.36 Å². The van der Waals surface area contributed by atoms with Gasteiger partial charge in [-0.2, -0.15) is 0 Å². The third-order valence-electron chi connectivity index (χ3n) is 1.97. The zero-order valence-corrected chi connectivity index (χ0v) is 8.80. The van der Waals surface area contributed by atoms with Gasteiger partial charge in [0.05, 0.1) is 12.1 Å². The molecule has 1 unspecified atom stereocenters.